The lowest BCUT2D eigenvalue weighted by molar-refractivity contribution is -0.179. The van der Waals surface area contributed by atoms with Crippen LogP contribution in [0.3, 0.4) is 0 Å². The van der Waals surface area contributed by atoms with E-state index in [9.17, 15) is 9.59 Å². The number of nitrogens with zero attached hydrogens (tertiary/aromatic N) is 1. The molecule has 1 amide bonds. The van der Waals surface area contributed by atoms with E-state index >= 15 is 0 Å². The molecule has 0 heterocycles. The number of hydroxylamine groups is 2. The minimum absolute atomic E-state index is 0.244. The smallest absolute Gasteiger partial charge is 0.443 e. The molecule has 0 aromatic rings. The molecule has 0 saturated carbocycles. The monoisotopic (exact) mass is 295 g/mol. The quantitative estimate of drug-likeness (QED) is 0.590. The van der Waals surface area contributed by atoms with Crippen LogP contribution < -0.4 is 0 Å². The minimum atomic E-state index is -0.641. The summed E-state index contributed by atoms with van der Waals surface area (Å²) < 4.78 is 4.93. The van der Waals surface area contributed by atoms with E-state index in [2.05, 4.69) is 15.9 Å². The second kappa shape index (κ2) is 7.49. The Hall–Kier alpha value is -0.780. The second-order valence-corrected chi connectivity index (χ2v) is 5.07. The van der Waals surface area contributed by atoms with Gasteiger partial charge in [0.2, 0.25) is 0 Å². The maximum absolute atomic E-state index is 11.4. The Morgan fingerprint density at radius 2 is 1.88 bits per heavy atom. The number of alkyl halides is 1. The highest BCUT2D eigenvalue weighted by atomic mass is 79.9. The summed E-state index contributed by atoms with van der Waals surface area (Å²) in [5, 5.41) is 0.905. The van der Waals surface area contributed by atoms with E-state index in [0.29, 0.717) is 6.61 Å². The first-order chi connectivity index (χ1) is 7.38. The highest BCUT2D eigenvalue weighted by Gasteiger charge is 2.21. The van der Waals surface area contributed by atoms with Gasteiger partial charge < -0.3 is 9.57 Å². The Morgan fingerprint density at radius 1 is 1.31 bits per heavy atom. The van der Waals surface area contributed by atoms with Crippen molar-refractivity contribution in [3.63, 3.8) is 0 Å². The zero-order valence-electron chi connectivity index (χ0n) is 10.0. The summed E-state index contributed by atoms with van der Waals surface area (Å²) in [6.07, 6.45) is -0.641. The van der Waals surface area contributed by atoms with E-state index in [4.69, 9.17) is 9.57 Å². The molecule has 0 aliphatic carbocycles. The van der Waals surface area contributed by atoms with Crippen LogP contribution in [0.25, 0.3) is 0 Å². The van der Waals surface area contributed by atoms with Crippen LogP contribution in [-0.2, 0) is 14.4 Å². The van der Waals surface area contributed by atoms with Crippen LogP contribution >= 0.6 is 15.9 Å². The third-order valence-corrected chi connectivity index (χ3v) is 1.93. The average Bonchev–Trinajstić information content (AvgIpc) is 2.21. The lowest BCUT2D eigenvalue weighted by Crippen LogP contribution is -2.36. The molecule has 0 N–H and O–H groups in total. The van der Waals surface area contributed by atoms with E-state index in [1.54, 1.807) is 13.8 Å². The van der Waals surface area contributed by atoms with Gasteiger partial charge >= 0.3 is 12.1 Å². The molecule has 0 aromatic carbocycles. The fourth-order valence-electron chi connectivity index (χ4n) is 0.722. The molecule has 16 heavy (non-hydrogen) atoms. The Morgan fingerprint density at radius 3 is 2.25 bits per heavy atom. The highest BCUT2D eigenvalue weighted by molar-refractivity contribution is 9.10. The normalized spacial score (nSPS) is 12.1. The SMILES string of the molecule is CCN(OC(=O)C(C)Br)C(=O)OCC(C)C. The van der Waals surface area contributed by atoms with E-state index in [0.717, 1.165) is 5.06 Å². The first kappa shape index (κ1) is 15.2. The van der Waals surface area contributed by atoms with Crippen molar-refractivity contribution in [2.75, 3.05) is 13.2 Å². The van der Waals surface area contributed by atoms with Gasteiger partial charge in [0.15, 0.2) is 0 Å². The van der Waals surface area contributed by atoms with Crippen LogP contribution in [0.4, 0.5) is 4.79 Å². The molecule has 5 nitrogen and oxygen atoms in total. The van der Waals surface area contributed by atoms with Crippen LogP contribution in [0.2, 0.25) is 0 Å². The molecular formula is C10H18BrNO4. The fraction of sp³-hybridized carbons (Fsp3) is 0.800. The molecule has 6 heteroatoms. The highest BCUT2D eigenvalue weighted by Crippen LogP contribution is 2.05. The molecular weight excluding hydrogens is 278 g/mol. The van der Waals surface area contributed by atoms with Crippen molar-refractivity contribution in [3.8, 4) is 0 Å². The second-order valence-electron chi connectivity index (χ2n) is 3.69. The van der Waals surface area contributed by atoms with E-state index in [-0.39, 0.29) is 12.5 Å². The van der Waals surface area contributed by atoms with Crippen LogP contribution in [0.5, 0.6) is 0 Å². The number of carbonyl (C=O) groups is 2. The van der Waals surface area contributed by atoms with Gasteiger partial charge in [0.05, 0.1) is 13.2 Å². The third-order valence-electron chi connectivity index (χ3n) is 1.56. The molecule has 0 bridgehead atoms. The topological polar surface area (TPSA) is 55.8 Å². The number of carbonyl (C=O) groups excluding carboxylic acids is 2. The number of halogens is 1. The molecule has 0 rings (SSSR count). The lowest BCUT2D eigenvalue weighted by atomic mass is 10.2. The molecule has 0 radical (unpaired) electrons. The Labute approximate surface area is 104 Å². The minimum Gasteiger partial charge on any atom is -0.447 e. The molecule has 94 valence electrons. The number of amides is 1. The van der Waals surface area contributed by atoms with E-state index in [1.165, 1.54) is 0 Å². The summed E-state index contributed by atoms with van der Waals surface area (Å²) in [6, 6.07) is 0. The number of hydrogen-bond acceptors (Lipinski definition) is 4. The van der Waals surface area contributed by atoms with Crippen molar-refractivity contribution in [3.05, 3.63) is 0 Å². The maximum Gasteiger partial charge on any atom is 0.443 e. The Bertz CT molecular complexity index is 243. The van der Waals surface area contributed by atoms with Crippen molar-refractivity contribution in [1.82, 2.24) is 5.06 Å². The lowest BCUT2D eigenvalue weighted by Gasteiger charge is -2.20. The standard InChI is InChI=1S/C10H18BrNO4/c1-5-12(16-9(13)8(4)11)10(14)15-6-7(2)3/h7-8H,5-6H2,1-4H3. The zero-order chi connectivity index (χ0) is 12.7. The van der Waals surface area contributed by atoms with Gasteiger partial charge in [-0.3, -0.25) is 0 Å². The zero-order valence-corrected chi connectivity index (χ0v) is 11.6. The van der Waals surface area contributed by atoms with Crippen molar-refractivity contribution in [2.24, 2.45) is 5.92 Å². The Balaban J connectivity index is 4.17. The van der Waals surface area contributed by atoms with Crippen molar-refractivity contribution >= 4 is 28.0 Å². The Kier molecular flexibility index (Phi) is 7.12. The van der Waals surface area contributed by atoms with Crippen LogP contribution in [0.1, 0.15) is 27.7 Å². The molecule has 0 spiro atoms. The van der Waals surface area contributed by atoms with Gasteiger partial charge in [-0.25, -0.2) is 9.59 Å². The van der Waals surface area contributed by atoms with Gasteiger partial charge in [-0.1, -0.05) is 29.8 Å². The van der Waals surface area contributed by atoms with Crippen molar-refractivity contribution in [2.45, 2.75) is 32.5 Å². The molecule has 0 aromatic heterocycles. The van der Waals surface area contributed by atoms with Crippen molar-refractivity contribution in [1.29, 1.82) is 0 Å². The van der Waals surface area contributed by atoms with Crippen molar-refractivity contribution < 1.29 is 19.2 Å². The largest absolute Gasteiger partial charge is 0.447 e. The van der Waals surface area contributed by atoms with E-state index in [1.807, 2.05) is 13.8 Å². The van der Waals surface area contributed by atoms with Gasteiger partial charge in [-0.2, -0.15) is 0 Å². The summed E-state index contributed by atoms with van der Waals surface area (Å²) in [5.41, 5.74) is 0. The van der Waals surface area contributed by atoms with Gasteiger partial charge in [0.25, 0.3) is 0 Å². The van der Waals surface area contributed by atoms with Gasteiger partial charge in [0, 0.05) is 0 Å². The third kappa shape index (κ3) is 5.95. The average molecular weight is 296 g/mol. The number of rotatable bonds is 4. The molecule has 0 aliphatic rings. The summed E-state index contributed by atoms with van der Waals surface area (Å²) in [4.78, 5) is 27.1. The summed E-state index contributed by atoms with van der Waals surface area (Å²) >= 11 is 3.06. The molecule has 1 unspecified atom stereocenters. The van der Waals surface area contributed by atoms with E-state index < -0.39 is 16.9 Å². The summed E-state index contributed by atoms with van der Waals surface area (Å²) in [5.74, 6) is -0.281. The first-order valence-electron chi connectivity index (χ1n) is 5.18. The molecule has 0 saturated heterocycles. The van der Waals surface area contributed by atoms with Crippen LogP contribution in [0.15, 0.2) is 0 Å². The van der Waals surface area contributed by atoms with Gasteiger partial charge in [-0.05, 0) is 19.8 Å². The predicted molar refractivity (Wildman–Crippen MR) is 63.0 cm³/mol. The molecule has 0 fully saturated rings. The first-order valence-corrected chi connectivity index (χ1v) is 6.10. The van der Waals surface area contributed by atoms with Gasteiger partial charge in [0.1, 0.15) is 4.83 Å². The van der Waals surface area contributed by atoms with Gasteiger partial charge in [-0.15, -0.1) is 5.06 Å². The molecule has 0 aliphatic heterocycles. The van der Waals surface area contributed by atoms with Crippen LogP contribution in [-0.4, -0.2) is 35.1 Å². The van der Waals surface area contributed by atoms with Crippen LogP contribution in [0, 0.1) is 5.92 Å². The number of hydrogen-bond donors (Lipinski definition) is 0. The summed E-state index contributed by atoms with van der Waals surface area (Å²) in [7, 11) is 0. The number of ether oxygens (including phenoxy) is 1. The molecule has 1 atom stereocenters. The summed E-state index contributed by atoms with van der Waals surface area (Å²) in [6.45, 7) is 7.73. The predicted octanol–water partition coefficient (Wildman–Crippen LogP) is 2.34. The fourth-order valence-corrected chi connectivity index (χ4v) is 0.806. The maximum atomic E-state index is 11.4.